The Hall–Kier alpha value is -2.07. The molecule has 1 aromatic carbocycles. The summed E-state index contributed by atoms with van der Waals surface area (Å²) in [6, 6.07) is 0.398. The quantitative estimate of drug-likeness (QED) is 0.370. The van der Waals surface area contributed by atoms with Crippen LogP contribution in [-0.2, 0) is 9.59 Å². The van der Waals surface area contributed by atoms with Crippen molar-refractivity contribution < 1.29 is 27.9 Å². The molecule has 1 saturated heterocycles. The molecule has 2 rings (SSSR count). The molecule has 11 heteroatoms. The number of hydrogen-bond acceptors (Lipinski definition) is 5. The number of carboxylic acids is 1. The van der Waals surface area contributed by atoms with E-state index >= 15 is 0 Å². The van der Waals surface area contributed by atoms with E-state index < -0.39 is 51.6 Å². The van der Waals surface area contributed by atoms with Crippen LogP contribution in [0.5, 0.6) is 0 Å². The van der Waals surface area contributed by atoms with Crippen molar-refractivity contribution in [3.8, 4) is 0 Å². The minimum absolute atomic E-state index is 0.0217. The van der Waals surface area contributed by atoms with Gasteiger partial charge in [-0.1, -0.05) is 23.4 Å². The molecule has 6 nitrogen and oxygen atoms in total. The first-order chi connectivity index (χ1) is 10.8. The van der Waals surface area contributed by atoms with Crippen LogP contribution in [0, 0.1) is 17.5 Å². The summed E-state index contributed by atoms with van der Waals surface area (Å²) in [5.74, 6) is -5.53. The highest BCUT2D eigenvalue weighted by molar-refractivity contribution is 8.15. The van der Waals surface area contributed by atoms with Crippen LogP contribution in [0.4, 0.5) is 13.2 Å². The largest absolute Gasteiger partial charge is 0.481 e. The van der Waals surface area contributed by atoms with Crippen LogP contribution in [0.1, 0.15) is 12.0 Å². The fraction of sp³-hybridized carbons (Fsp3) is 0.167. The normalized spacial score (nSPS) is 19.6. The van der Waals surface area contributed by atoms with E-state index in [2.05, 4.69) is 15.5 Å². The molecule has 0 bridgehead atoms. The Labute approximate surface area is 136 Å². The number of nitrogens with zero attached hydrogens (tertiary/aromatic N) is 2. The number of amidine groups is 1. The molecule has 1 heterocycles. The van der Waals surface area contributed by atoms with Crippen LogP contribution in [0.25, 0.3) is 0 Å². The van der Waals surface area contributed by atoms with E-state index in [0.717, 1.165) is 11.8 Å². The topological polar surface area (TPSA) is 91.1 Å². The van der Waals surface area contributed by atoms with Gasteiger partial charge in [-0.25, -0.2) is 13.2 Å². The van der Waals surface area contributed by atoms with E-state index in [1.165, 1.54) is 0 Å². The Balaban J connectivity index is 2.15. The second kappa shape index (κ2) is 7.01. The van der Waals surface area contributed by atoms with Crippen LogP contribution >= 0.6 is 23.4 Å². The van der Waals surface area contributed by atoms with Gasteiger partial charge in [0.05, 0.1) is 18.2 Å². The van der Waals surface area contributed by atoms with Crippen molar-refractivity contribution >= 4 is 46.6 Å². The monoisotopic (exact) mass is 365 g/mol. The van der Waals surface area contributed by atoms with Crippen molar-refractivity contribution in [1.29, 1.82) is 0 Å². The first-order valence-corrected chi connectivity index (χ1v) is 7.18. The summed E-state index contributed by atoms with van der Waals surface area (Å²) in [7, 11) is 0. The lowest BCUT2D eigenvalue weighted by Gasteiger charge is -2.01. The molecule has 1 aromatic rings. The van der Waals surface area contributed by atoms with E-state index in [1.54, 1.807) is 0 Å². The van der Waals surface area contributed by atoms with Gasteiger partial charge in [0.25, 0.3) is 0 Å². The summed E-state index contributed by atoms with van der Waals surface area (Å²) in [5.41, 5.74) is -0.697. The van der Waals surface area contributed by atoms with Gasteiger partial charge in [0.1, 0.15) is 21.9 Å². The highest BCUT2D eigenvalue weighted by Gasteiger charge is 2.32. The third-order valence-corrected chi connectivity index (χ3v) is 4.04. The van der Waals surface area contributed by atoms with Crippen molar-refractivity contribution in [2.45, 2.75) is 11.7 Å². The van der Waals surface area contributed by atoms with Crippen LogP contribution in [0.3, 0.4) is 0 Å². The van der Waals surface area contributed by atoms with Gasteiger partial charge in [0, 0.05) is 6.07 Å². The zero-order valence-electron chi connectivity index (χ0n) is 11.0. The molecule has 0 aliphatic carbocycles. The van der Waals surface area contributed by atoms with Crippen molar-refractivity contribution in [3.05, 3.63) is 34.1 Å². The van der Waals surface area contributed by atoms with Crippen molar-refractivity contribution in [2.24, 2.45) is 10.2 Å². The third kappa shape index (κ3) is 4.02. The van der Waals surface area contributed by atoms with Crippen LogP contribution in [0.2, 0.25) is 5.02 Å². The summed E-state index contributed by atoms with van der Waals surface area (Å²) in [6.45, 7) is 0. The maximum absolute atomic E-state index is 13.6. The predicted molar refractivity (Wildman–Crippen MR) is 78.1 cm³/mol. The maximum Gasteiger partial charge on any atom is 0.305 e. The van der Waals surface area contributed by atoms with E-state index in [1.807, 2.05) is 0 Å². The molecule has 0 spiro atoms. The zero-order chi connectivity index (χ0) is 17.1. The van der Waals surface area contributed by atoms with E-state index in [-0.39, 0.29) is 5.17 Å². The number of amides is 1. The van der Waals surface area contributed by atoms with E-state index in [0.29, 0.717) is 12.3 Å². The molecule has 122 valence electrons. The van der Waals surface area contributed by atoms with Gasteiger partial charge in [-0.2, -0.15) is 5.10 Å². The number of carbonyl (C=O) groups excluding carboxylic acids is 1. The lowest BCUT2D eigenvalue weighted by Crippen LogP contribution is -2.26. The number of nitrogens with one attached hydrogen (secondary N) is 1. The molecule has 1 unspecified atom stereocenters. The highest BCUT2D eigenvalue weighted by Crippen LogP contribution is 2.24. The summed E-state index contributed by atoms with van der Waals surface area (Å²) in [5, 5.41) is 16.0. The minimum Gasteiger partial charge on any atom is -0.481 e. The third-order valence-electron chi connectivity index (χ3n) is 2.62. The van der Waals surface area contributed by atoms with Gasteiger partial charge >= 0.3 is 5.97 Å². The van der Waals surface area contributed by atoms with Gasteiger partial charge < -0.3 is 10.4 Å². The number of hydrogen-bond donors (Lipinski definition) is 2. The number of carbonyl (C=O) groups is 2. The lowest BCUT2D eigenvalue weighted by atomic mass is 10.2. The average molecular weight is 366 g/mol. The van der Waals surface area contributed by atoms with Gasteiger partial charge in [-0.15, -0.1) is 5.10 Å². The number of halogens is 4. The standard InChI is InChI=1S/C12H7ClF3N3O3S/c13-9-6(15)1-5(14)4(10(9)16)3-17-19-12-18-11(22)7(23-12)2-8(20)21/h1,3,7H,2H2,(H,20,21)(H,18,19,22). The molecule has 2 N–H and O–H groups in total. The summed E-state index contributed by atoms with van der Waals surface area (Å²) < 4.78 is 40.0. The lowest BCUT2D eigenvalue weighted by molar-refractivity contribution is -0.138. The minimum atomic E-state index is -1.33. The Morgan fingerprint density at radius 2 is 2.13 bits per heavy atom. The highest BCUT2D eigenvalue weighted by atomic mass is 35.5. The van der Waals surface area contributed by atoms with Crippen LogP contribution in [-0.4, -0.2) is 33.6 Å². The Morgan fingerprint density at radius 3 is 2.78 bits per heavy atom. The zero-order valence-corrected chi connectivity index (χ0v) is 12.6. The number of rotatable bonds is 4. The summed E-state index contributed by atoms with van der Waals surface area (Å²) in [4.78, 5) is 22.0. The SMILES string of the molecule is O=C(O)CC1SC(=NN=Cc2c(F)cc(F)c(Cl)c2F)NC1=O. The van der Waals surface area contributed by atoms with Gasteiger partial charge in [0.15, 0.2) is 11.0 Å². The van der Waals surface area contributed by atoms with Crippen molar-refractivity contribution in [2.75, 3.05) is 0 Å². The molecule has 1 aliphatic heterocycles. The molecular formula is C12H7ClF3N3O3S. The number of carboxylic acid groups (broad SMARTS) is 1. The summed E-state index contributed by atoms with van der Waals surface area (Å²) >= 11 is 6.13. The Kier molecular flexibility index (Phi) is 5.26. The second-order valence-electron chi connectivity index (χ2n) is 4.23. The number of benzene rings is 1. The molecule has 1 amide bonds. The Morgan fingerprint density at radius 1 is 1.43 bits per heavy atom. The number of thioether (sulfide) groups is 1. The van der Waals surface area contributed by atoms with Crippen LogP contribution in [0.15, 0.2) is 16.3 Å². The second-order valence-corrected chi connectivity index (χ2v) is 5.79. The first-order valence-electron chi connectivity index (χ1n) is 5.93. The van der Waals surface area contributed by atoms with E-state index in [4.69, 9.17) is 16.7 Å². The smallest absolute Gasteiger partial charge is 0.305 e. The molecule has 23 heavy (non-hydrogen) atoms. The fourth-order valence-corrected chi connectivity index (χ4v) is 2.65. The van der Waals surface area contributed by atoms with E-state index in [9.17, 15) is 22.8 Å². The predicted octanol–water partition coefficient (Wildman–Crippen LogP) is 2.15. The summed E-state index contributed by atoms with van der Waals surface area (Å²) in [6.07, 6.45) is 0.260. The maximum atomic E-state index is 13.6. The average Bonchev–Trinajstić information content (AvgIpc) is 2.80. The first kappa shape index (κ1) is 17.3. The molecular weight excluding hydrogens is 359 g/mol. The molecule has 0 saturated carbocycles. The molecule has 0 radical (unpaired) electrons. The molecule has 1 atom stereocenters. The van der Waals surface area contributed by atoms with Gasteiger partial charge in [0.2, 0.25) is 5.91 Å². The van der Waals surface area contributed by atoms with Crippen molar-refractivity contribution in [3.63, 3.8) is 0 Å². The molecule has 0 aromatic heterocycles. The number of aliphatic carboxylic acids is 1. The van der Waals surface area contributed by atoms with Gasteiger partial charge in [-0.3, -0.25) is 9.59 Å². The Bertz CT molecular complexity index is 742. The van der Waals surface area contributed by atoms with Crippen LogP contribution < -0.4 is 5.32 Å². The van der Waals surface area contributed by atoms with Gasteiger partial charge in [-0.05, 0) is 0 Å². The molecule has 1 fully saturated rings. The molecule has 1 aliphatic rings. The fourth-order valence-electron chi connectivity index (χ4n) is 1.58. The van der Waals surface area contributed by atoms with Crippen molar-refractivity contribution in [1.82, 2.24) is 5.32 Å².